The van der Waals surface area contributed by atoms with E-state index in [0.717, 1.165) is 24.6 Å². The maximum absolute atomic E-state index is 4.72. The van der Waals surface area contributed by atoms with Gasteiger partial charge in [0, 0.05) is 31.4 Å². The van der Waals surface area contributed by atoms with Crippen molar-refractivity contribution in [1.29, 1.82) is 0 Å². The number of benzene rings is 2. The molecular formula is C21H24N4. The summed E-state index contributed by atoms with van der Waals surface area (Å²) in [5.74, 6) is 1.62. The van der Waals surface area contributed by atoms with Gasteiger partial charge in [-0.1, -0.05) is 60.7 Å². The lowest BCUT2D eigenvalue weighted by Crippen LogP contribution is -2.23. The maximum atomic E-state index is 4.72. The van der Waals surface area contributed by atoms with E-state index in [1.54, 1.807) is 0 Å². The van der Waals surface area contributed by atoms with Crippen LogP contribution in [-0.2, 0) is 13.1 Å². The number of aromatic nitrogens is 2. The van der Waals surface area contributed by atoms with Crippen LogP contribution in [0.25, 0.3) is 0 Å². The Bertz CT molecular complexity index is 788. The molecule has 0 fully saturated rings. The number of anilines is 2. The molecule has 0 radical (unpaired) electrons. The van der Waals surface area contributed by atoms with Crippen LogP contribution in [0.3, 0.4) is 0 Å². The summed E-state index contributed by atoms with van der Waals surface area (Å²) >= 11 is 0. The van der Waals surface area contributed by atoms with Crippen molar-refractivity contribution in [2.24, 2.45) is 0 Å². The molecule has 128 valence electrons. The topological polar surface area (TPSA) is 41.1 Å². The highest BCUT2D eigenvalue weighted by molar-refractivity contribution is 5.45. The van der Waals surface area contributed by atoms with Gasteiger partial charge in [-0.2, -0.15) is 4.98 Å². The van der Waals surface area contributed by atoms with Crippen LogP contribution in [-0.4, -0.2) is 16.5 Å². The summed E-state index contributed by atoms with van der Waals surface area (Å²) in [7, 11) is 0. The molecule has 0 spiro atoms. The van der Waals surface area contributed by atoms with Gasteiger partial charge in [0.25, 0.3) is 0 Å². The monoisotopic (exact) mass is 332 g/mol. The summed E-state index contributed by atoms with van der Waals surface area (Å²) in [5, 5.41) is 3.34. The standard InChI is InChI=1S/C21H24N4/c1-3-25(16-19-12-8-5-9-13-19)20-14-17(2)23-21(24-20)22-15-18-10-6-4-7-11-18/h4-14H,3,15-16H2,1-2H3,(H,22,23,24). The van der Waals surface area contributed by atoms with E-state index in [2.05, 4.69) is 58.5 Å². The Morgan fingerprint density at radius 1 is 0.880 bits per heavy atom. The molecule has 3 rings (SSSR count). The minimum Gasteiger partial charge on any atom is -0.352 e. The number of hydrogen-bond acceptors (Lipinski definition) is 4. The first kappa shape index (κ1) is 17.0. The maximum Gasteiger partial charge on any atom is 0.225 e. The van der Waals surface area contributed by atoms with E-state index >= 15 is 0 Å². The summed E-state index contributed by atoms with van der Waals surface area (Å²) in [6.07, 6.45) is 0. The summed E-state index contributed by atoms with van der Waals surface area (Å²) in [5.41, 5.74) is 3.46. The van der Waals surface area contributed by atoms with E-state index in [1.807, 2.05) is 37.3 Å². The zero-order valence-corrected chi connectivity index (χ0v) is 14.8. The summed E-state index contributed by atoms with van der Waals surface area (Å²) < 4.78 is 0. The van der Waals surface area contributed by atoms with Crippen LogP contribution < -0.4 is 10.2 Å². The molecule has 2 aromatic carbocycles. The predicted octanol–water partition coefficient (Wildman–Crippen LogP) is 4.42. The van der Waals surface area contributed by atoms with E-state index < -0.39 is 0 Å². The van der Waals surface area contributed by atoms with Crippen molar-refractivity contribution >= 4 is 11.8 Å². The van der Waals surface area contributed by atoms with Crippen LogP contribution in [0.5, 0.6) is 0 Å². The van der Waals surface area contributed by atoms with Gasteiger partial charge in [-0.15, -0.1) is 0 Å². The Hall–Kier alpha value is -2.88. The fourth-order valence-corrected chi connectivity index (χ4v) is 2.73. The fraction of sp³-hybridized carbons (Fsp3) is 0.238. The SMILES string of the molecule is CCN(Cc1ccccc1)c1cc(C)nc(NCc2ccccc2)n1. The minimum absolute atomic E-state index is 0.672. The quantitative estimate of drug-likeness (QED) is 0.695. The first-order chi connectivity index (χ1) is 12.2. The van der Waals surface area contributed by atoms with Gasteiger partial charge in [0.1, 0.15) is 5.82 Å². The molecule has 4 heteroatoms. The first-order valence-corrected chi connectivity index (χ1v) is 8.67. The molecule has 0 bridgehead atoms. The molecule has 4 nitrogen and oxygen atoms in total. The number of nitrogens with one attached hydrogen (secondary N) is 1. The van der Waals surface area contributed by atoms with Crippen molar-refractivity contribution in [3.8, 4) is 0 Å². The Kier molecular flexibility index (Phi) is 5.62. The molecule has 0 aliphatic heterocycles. The van der Waals surface area contributed by atoms with Crippen molar-refractivity contribution in [1.82, 2.24) is 9.97 Å². The second-order valence-electron chi connectivity index (χ2n) is 6.03. The minimum atomic E-state index is 0.672. The van der Waals surface area contributed by atoms with E-state index in [-0.39, 0.29) is 0 Å². The fourth-order valence-electron chi connectivity index (χ4n) is 2.73. The molecule has 0 saturated heterocycles. The van der Waals surface area contributed by atoms with Crippen molar-refractivity contribution < 1.29 is 0 Å². The van der Waals surface area contributed by atoms with Gasteiger partial charge >= 0.3 is 0 Å². The van der Waals surface area contributed by atoms with Crippen molar-refractivity contribution in [2.75, 3.05) is 16.8 Å². The molecule has 1 heterocycles. The second-order valence-corrected chi connectivity index (χ2v) is 6.03. The van der Waals surface area contributed by atoms with Gasteiger partial charge in [-0.3, -0.25) is 0 Å². The lowest BCUT2D eigenvalue weighted by atomic mass is 10.2. The summed E-state index contributed by atoms with van der Waals surface area (Å²) in [6.45, 7) is 6.61. The molecule has 0 saturated carbocycles. The van der Waals surface area contributed by atoms with Crippen molar-refractivity contribution in [3.63, 3.8) is 0 Å². The summed E-state index contributed by atoms with van der Waals surface area (Å²) in [6, 6.07) is 22.8. The van der Waals surface area contributed by atoms with Crippen LogP contribution >= 0.6 is 0 Å². The zero-order valence-electron chi connectivity index (χ0n) is 14.8. The highest BCUT2D eigenvalue weighted by atomic mass is 15.2. The third kappa shape index (κ3) is 4.80. The molecule has 0 aliphatic rings. The Morgan fingerprint density at radius 3 is 2.16 bits per heavy atom. The van der Waals surface area contributed by atoms with E-state index in [9.17, 15) is 0 Å². The molecular weight excluding hydrogens is 308 g/mol. The van der Waals surface area contributed by atoms with Gasteiger partial charge in [-0.25, -0.2) is 4.98 Å². The first-order valence-electron chi connectivity index (χ1n) is 8.67. The highest BCUT2D eigenvalue weighted by Crippen LogP contribution is 2.18. The Balaban J connectivity index is 1.75. The number of rotatable bonds is 7. The molecule has 0 atom stereocenters. The molecule has 1 aromatic heterocycles. The molecule has 0 unspecified atom stereocenters. The van der Waals surface area contributed by atoms with Gasteiger partial charge in [0.05, 0.1) is 0 Å². The summed E-state index contributed by atoms with van der Waals surface area (Å²) in [4.78, 5) is 11.5. The van der Waals surface area contributed by atoms with Crippen LogP contribution in [0.4, 0.5) is 11.8 Å². The average Bonchev–Trinajstić information content (AvgIpc) is 2.66. The van der Waals surface area contributed by atoms with Gasteiger partial charge in [0.2, 0.25) is 5.95 Å². The third-order valence-corrected chi connectivity index (χ3v) is 4.06. The van der Waals surface area contributed by atoms with Crippen LogP contribution in [0, 0.1) is 6.92 Å². The van der Waals surface area contributed by atoms with Crippen molar-refractivity contribution in [2.45, 2.75) is 26.9 Å². The number of hydrogen-bond donors (Lipinski definition) is 1. The Labute approximate surface area is 149 Å². The van der Waals surface area contributed by atoms with E-state index in [4.69, 9.17) is 4.98 Å². The molecule has 1 N–H and O–H groups in total. The normalized spacial score (nSPS) is 10.5. The van der Waals surface area contributed by atoms with Crippen LogP contribution in [0.2, 0.25) is 0 Å². The van der Waals surface area contributed by atoms with E-state index in [0.29, 0.717) is 12.5 Å². The van der Waals surface area contributed by atoms with Crippen LogP contribution in [0.15, 0.2) is 66.7 Å². The lowest BCUT2D eigenvalue weighted by molar-refractivity contribution is 0.807. The molecule has 25 heavy (non-hydrogen) atoms. The molecule has 0 amide bonds. The predicted molar refractivity (Wildman–Crippen MR) is 104 cm³/mol. The zero-order chi connectivity index (χ0) is 17.5. The average molecular weight is 332 g/mol. The largest absolute Gasteiger partial charge is 0.352 e. The number of aryl methyl sites for hydroxylation is 1. The smallest absolute Gasteiger partial charge is 0.225 e. The van der Waals surface area contributed by atoms with Crippen LogP contribution in [0.1, 0.15) is 23.7 Å². The van der Waals surface area contributed by atoms with Gasteiger partial charge in [-0.05, 0) is 25.0 Å². The third-order valence-electron chi connectivity index (χ3n) is 4.06. The molecule has 0 aliphatic carbocycles. The van der Waals surface area contributed by atoms with Gasteiger partial charge < -0.3 is 10.2 Å². The van der Waals surface area contributed by atoms with Gasteiger partial charge in [0.15, 0.2) is 0 Å². The Morgan fingerprint density at radius 2 is 1.52 bits per heavy atom. The highest BCUT2D eigenvalue weighted by Gasteiger charge is 2.10. The lowest BCUT2D eigenvalue weighted by Gasteiger charge is -2.23. The number of nitrogens with zero attached hydrogens (tertiary/aromatic N) is 3. The molecule has 3 aromatic rings. The second kappa shape index (κ2) is 8.29. The van der Waals surface area contributed by atoms with Crippen molar-refractivity contribution in [3.05, 3.63) is 83.6 Å². The van der Waals surface area contributed by atoms with E-state index in [1.165, 1.54) is 11.1 Å².